The Balaban J connectivity index is 1.96. The highest BCUT2D eigenvalue weighted by Gasteiger charge is 2.23. The van der Waals surface area contributed by atoms with Crippen LogP contribution in [0.4, 0.5) is 4.79 Å². The average Bonchev–Trinajstić information content (AvgIpc) is 2.78. The zero-order chi connectivity index (χ0) is 24.3. The molecule has 2 aromatic carbocycles. The standard InChI is InChI=1S/C27H35NO5/c1-20(19-32-23-12-7-6-8-13-23)24(28-26(30)33-27(2,3)4)14-10-9-11-21-15-17-22(18-16-21)25(29)31-5/h6-9,11-13,15-18,20,24H,10,14,19H2,1-5H3,(H,28,30)/b11-9+/t20-,24-/m1/s1. The second kappa shape index (κ2) is 12.7. The summed E-state index contributed by atoms with van der Waals surface area (Å²) in [4.78, 5) is 23.9. The summed E-state index contributed by atoms with van der Waals surface area (Å²) < 4.78 is 16.1. The molecule has 0 aliphatic heterocycles. The van der Waals surface area contributed by atoms with Gasteiger partial charge in [0.25, 0.3) is 0 Å². The first-order valence-electron chi connectivity index (χ1n) is 11.2. The van der Waals surface area contributed by atoms with E-state index in [0.717, 1.165) is 24.2 Å². The van der Waals surface area contributed by atoms with Gasteiger partial charge in [-0.25, -0.2) is 9.59 Å². The van der Waals surface area contributed by atoms with Crippen LogP contribution in [-0.2, 0) is 9.47 Å². The van der Waals surface area contributed by atoms with Crippen molar-refractivity contribution in [1.29, 1.82) is 0 Å². The fourth-order valence-corrected chi connectivity index (χ4v) is 3.16. The van der Waals surface area contributed by atoms with Crippen LogP contribution in [0.1, 0.15) is 56.5 Å². The van der Waals surface area contributed by atoms with Gasteiger partial charge in [-0.2, -0.15) is 0 Å². The number of methoxy groups -OCH3 is 1. The third-order valence-electron chi connectivity index (χ3n) is 4.93. The van der Waals surface area contributed by atoms with Crippen molar-refractivity contribution in [3.63, 3.8) is 0 Å². The maximum atomic E-state index is 12.4. The summed E-state index contributed by atoms with van der Waals surface area (Å²) in [5.74, 6) is 0.523. The number of amides is 1. The molecule has 1 N–H and O–H groups in total. The summed E-state index contributed by atoms with van der Waals surface area (Å²) in [5, 5.41) is 3.01. The highest BCUT2D eigenvalue weighted by atomic mass is 16.6. The van der Waals surface area contributed by atoms with Crippen LogP contribution in [0.3, 0.4) is 0 Å². The lowest BCUT2D eigenvalue weighted by atomic mass is 9.97. The van der Waals surface area contributed by atoms with E-state index in [-0.39, 0.29) is 17.9 Å². The number of benzene rings is 2. The van der Waals surface area contributed by atoms with Gasteiger partial charge in [-0.3, -0.25) is 0 Å². The van der Waals surface area contributed by atoms with Crippen LogP contribution >= 0.6 is 0 Å². The summed E-state index contributed by atoms with van der Waals surface area (Å²) in [5.41, 5.74) is 0.942. The van der Waals surface area contributed by atoms with E-state index in [1.54, 1.807) is 12.1 Å². The van der Waals surface area contributed by atoms with Crippen LogP contribution < -0.4 is 10.1 Å². The molecule has 0 spiro atoms. The van der Waals surface area contributed by atoms with Gasteiger partial charge in [-0.1, -0.05) is 49.4 Å². The zero-order valence-corrected chi connectivity index (χ0v) is 20.2. The molecule has 0 radical (unpaired) electrons. The maximum Gasteiger partial charge on any atom is 0.407 e. The summed E-state index contributed by atoms with van der Waals surface area (Å²) in [6.45, 7) is 8.07. The highest BCUT2D eigenvalue weighted by molar-refractivity contribution is 5.89. The number of hydrogen-bond donors (Lipinski definition) is 1. The Kier molecular flexibility index (Phi) is 9.98. The molecule has 2 aromatic rings. The van der Waals surface area contributed by atoms with Gasteiger partial charge in [0, 0.05) is 12.0 Å². The summed E-state index contributed by atoms with van der Waals surface area (Å²) in [7, 11) is 1.36. The van der Waals surface area contributed by atoms with Crippen LogP contribution in [-0.4, -0.2) is 37.4 Å². The van der Waals surface area contributed by atoms with Crippen molar-refractivity contribution in [2.45, 2.75) is 52.2 Å². The summed E-state index contributed by atoms with van der Waals surface area (Å²) in [6.07, 6.45) is 5.12. The number of alkyl carbamates (subject to hydrolysis) is 1. The molecule has 0 unspecified atom stereocenters. The van der Waals surface area contributed by atoms with E-state index in [9.17, 15) is 9.59 Å². The van der Waals surface area contributed by atoms with Gasteiger partial charge >= 0.3 is 12.1 Å². The Morgan fingerprint density at radius 3 is 2.30 bits per heavy atom. The SMILES string of the molecule is COC(=O)c1ccc(/C=C/CC[C@@H](NC(=O)OC(C)(C)C)[C@H](C)COc2ccccc2)cc1. The minimum absolute atomic E-state index is 0.0745. The van der Waals surface area contributed by atoms with Gasteiger partial charge in [-0.05, 0) is 63.4 Å². The first-order chi connectivity index (χ1) is 15.7. The minimum atomic E-state index is -0.561. The van der Waals surface area contributed by atoms with Gasteiger partial charge in [-0.15, -0.1) is 0 Å². The van der Waals surface area contributed by atoms with Crippen molar-refractivity contribution >= 4 is 18.1 Å². The van der Waals surface area contributed by atoms with E-state index >= 15 is 0 Å². The minimum Gasteiger partial charge on any atom is -0.493 e. The molecule has 1 amide bonds. The Bertz CT molecular complexity index is 900. The van der Waals surface area contributed by atoms with E-state index < -0.39 is 11.7 Å². The van der Waals surface area contributed by atoms with E-state index in [2.05, 4.69) is 18.3 Å². The first-order valence-corrected chi connectivity index (χ1v) is 11.2. The molecule has 6 nitrogen and oxygen atoms in total. The number of esters is 1. The molecule has 6 heteroatoms. The summed E-state index contributed by atoms with van der Waals surface area (Å²) >= 11 is 0. The quantitative estimate of drug-likeness (QED) is 0.455. The fourth-order valence-electron chi connectivity index (χ4n) is 3.16. The number of para-hydroxylation sites is 1. The molecule has 2 atom stereocenters. The third kappa shape index (κ3) is 9.81. The second-order valence-corrected chi connectivity index (χ2v) is 8.95. The molecule has 0 aliphatic rings. The van der Waals surface area contributed by atoms with Crippen molar-refractivity contribution in [3.8, 4) is 5.75 Å². The van der Waals surface area contributed by atoms with E-state index in [1.165, 1.54) is 7.11 Å². The fraction of sp³-hybridized carbons (Fsp3) is 0.407. The summed E-state index contributed by atoms with van der Waals surface area (Å²) in [6, 6.07) is 16.7. The van der Waals surface area contributed by atoms with Crippen molar-refractivity contribution in [2.75, 3.05) is 13.7 Å². The number of hydrogen-bond acceptors (Lipinski definition) is 5. The number of nitrogens with one attached hydrogen (secondary N) is 1. The van der Waals surface area contributed by atoms with Gasteiger partial charge in [0.1, 0.15) is 11.4 Å². The Labute approximate surface area is 196 Å². The number of carbonyl (C=O) groups is 2. The molecule has 178 valence electrons. The van der Waals surface area contributed by atoms with Gasteiger partial charge in [0.15, 0.2) is 0 Å². The average molecular weight is 454 g/mol. The number of rotatable bonds is 10. The van der Waals surface area contributed by atoms with Crippen LogP contribution in [0.5, 0.6) is 5.75 Å². The largest absolute Gasteiger partial charge is 0.493 e. The van der Waals surface area contributed by atoms with Crippen molar-refractivity contribution in [3.05, 3.63) is 71.8 Å². The smallest absolute Gasteiger partial charge is 0.407 e. The normalized spacial score (nSPS) is 13.2. The number of carbonyl (C=O) groups excluding carboxylic acids is 2. The van der Waals surface area contributed by atoms with Gasteiger partial charge in [0.2, 0.25) is 0 Å². The third-order valence-corrected chi connectivity index (χ3v) is 4.93. The maximum absolute atomic E-state index is 12.4. The van der Waals surface area contributed by atoms with Crippen LogP contribution in [0.2, 0.25) is 0 Å². The molecule has 33 heavy (non-hydrogen) atoms. The Hall–Kier alpha value is -3.28. The van der Waals surface area contributed by atoms with Crippen molar-refractivity contribution in [2.24, 2.45) is 5.92 Å². The zero-order valence-electron chi connectivity index (χ0n) is 20.2. The van der Waals surface area contributed by atoms with Gasteiger partial charge < -0.3 is 19.5 Å². The Morgan fingerprint density at radius 2 is 1.70 bits per heavy atom. The molecule has 0 bridgehead atoms. The van der Waals surface area contributed by atoms with E-state index in [0.29, 0.717) is 12.2 Å². The topological polar surface area (TPSA) is 73.9 Å². The number of ether oxygens (including phenoxy) is 3. The van der Waals surface area contributed by atoms with Crippen LogP contribution in [0.25, 0.3) is 6.08 Å². The molecule has 0 heterocycles. The molecule has 0 aliphatic carbocycles. The van der Waals surface area contributed by atoms with Crippen molar-refractivity contribution < 1.29 is 23.8 Å². The van der Waals surface area contributed by atoms with E-state index in [1.807, 2.05) is 69.3 Å². The lowest BCUT2D eigenvalue weighted by Crippen LogP contribution is -2.43. The monoisotopic (exact) mass is 453 g/mol. The highest BCUT2D eigenvalue weighted by Crippen LogP contribution is 2.17. The van der Waals surface area contributed by atoms with Crippen LogP contribution in [0, 0.1) is 5.92 Å². The lowest BCUT2D eigenvalue weighted by Gasteiger charge is -2.27. The molecule has 0 fully saturated rings. The molecule has 2 rings (SSSR count). The molecular formula is C27H35NO5. The molecule has 0 saturated carbocycles. The molecule has 0 saturated heterocycles. The number of allylic oxidation sites excluding steroid dienone is 1. The lowest BCUT2D eigenvalue weighted by molar-refractivity contribution is 0.0474. The first kappa shape index (κ1) is 26.0. The predicted molar refractivity (Wildman–Crippen MR) is 130 cm³/mol. The Morgan fingerprint density at radius 1 is 1.03 bits per heavy atom. The predicted octanol–water partition coefficient (Wildman–Crippen LogP) is 5.88. The second-order valence-electron chi connectivity index (χ2n) is 8.95. The van der Waals surface area contributed by atoms with Gasteiger partial charge in [0.05, 0.1) is 19.3 Å². The van der Waals surface area contributed by atoms with Crippen LogP contribution in [0.15, 0.2) is 60.7 Å². The van der Waals surface area contributed by atoms with Crippen molar-refractivity contribution in [1.82, 2.24) is 5.32 Å². The van der Waals surface area contributed by atoms with E-state index in [4.69, 9.17) is 14.2 Å². The molecule has 0 aromatic heterocycles. The molecular weight excluding hydrogens is 418 g/mol.